The zero-order valence-corrected chi connectivity index (χ0v) is 11.2. The van der Waals surface area contributed by atoms with Crippen molar-refractivity contribution in [3.8, 4) is 0 Å². The summed E-state index contributed by atoms with van der Waals surface area (Å²) in [5.74, 6) is -2.15. The Hall–Kier alpha value is -2.73. The van der Waals surface area contributed by atoms with E-state index in [1.807, 2.05) is 0 Å². The third-order valence-corrected chi connectivity index (χ3v) is 3.06. The molecule has 1 N–H and O–H groups in total. The number of carbonyl (C=O) groups is 2. The van der Waals surface area contributed by atoms with Gasteiger partial charge in [0.25, 0.3) is 5.69 Å². The molecule has 0 unspecified atom stereocenters. The van der Waals surface area contributed by atoms with Crippen molar-refractivity contribution in [1.82, 2.24) is 0 Å². The van der Waals surface area contributed by atoms with E-state index >= 15 is 0 Å². The summed E-state index contributed by atoms with van der Waals surface area (Å²) < 4.78 is 0. The molecular formula is C14H8ClNO5. The first-order valence-corrected chi connectivity index (χ1v) is 6.10. The highest BCUT2D eigenvalue weighted by atomic mass is 35.5. The van der Waals surface area contributed by atoms with E-state index in [9.17, 15) is 19.7 Å². The third kappa shape index (κ3) is 2.90. The van der Waals surface area contributed by atoms with Crippen molar-refractivity contribution in [2.45, 2.75) is 0 Å². The quantitative estimate of drug-likeness (QED) is 0.531. The minimum atomic E-state index is -1.41. The highest BCUT2D eigenvalue weighted by Crippen LogP contribution is 2.26. The molecule has 0 atom stereocenters. The molecule has 2 aromatic rings. The van der Waals surface area contributed by atoms with Crippen LogP contribution < -0.4 is 0 Å². The van der Waals surface area contributed by atoms with Gasteiger partial charge in [0.2, 0.25) is 5.78 Å². The van der Waals surface area contributed by atoms with Gasteiger partial charge in [0, 0.05) is 16.7 Å². The highest BCUT2D eigenvalue weighted by Gasteiger charge is 2.27. The maximum Gasteiger partial charge on any atom is 0.336 e. The predicted molar refractivity (Wildman–Crippen MR) is 74.9 cm³/mol. The second kappa shape index (κ2) is 5.72. The Balaban J connectivity index is 2.65. The molecule has 106 valence electrons. The Morgan fingerprint density at radius 3 is 2.24 bits per heavy atom. The lowest BCUT2D eigenvalue weighted by Crippen LogP contribution is -2.12. The number of carboxylic acid groups (broad SMARTS) is 1. The normalized spacial score (nSPS) is 10.1. The Morgan fingerprint density at radius 1 is 1.10 bits per heavy atom. The van der Waals surface area contributed by atoms with Crippen LogP contribution in [0, 0.1) is 10.1 Å². The first-order chi connectivity index (χ1) is 9.91. The molecule has 2 rings (SSSR count). The van der Waals surface area contributed by atoms with Gasteiger partial charge in [-0.2, -0.15) is 0 Å². The van der Waals surface area contributed by atoms with Gasteiger partial charge in [-0.25, -0.2) is 4.79 Å². The number of rotatable bonds is 4. The molecule has 0 aliphatic carbocycles. The Labute approximate surface area is 123 Å². The minimum Gasteiger partial charge on any atom is -0.478 e. The van der Waals surface area contributed by atoms with Crippen LogP contribution in [0.3, 0.4) is 0 Å². The van der Waals surface area contributed by atoms with Gasteiger partial charge in [0.15, 0.2) is 0 Å². The van der Waals surface area contributed by atoms with E-state index in [2.05, 4.69) is 0 Å². The molecule has 0 aliphatic rings. The number of carbonyl (C=O) groups excluding carboxylic acids is 1. The second-order valence-electron chi connectivity index (χ2n) is 4.10. The van der Waals surface area contributed by atoms with Crippen molar-refractivity contribution >= 4 is 29.0 Å². The maximum absolute atomic E-state index is 12.4. The van der Waals surface area contributed by atoms with Crippen LogP contribution in [0.4, 0.5) is 5.69 Å². The van der Waals surface area contributed by atoms with Crippen LogP contribution in [0.1, 0.15) is 26.3 Å². The van der Waals surface area contributed by atoms with Crippen molar-refractivity contribution in [3.05, 3.63) is 74.3 Å². The number of halogens is 1. The van der Waals surface area contributed by atoms with E-state index in [0.717, 1.165) is 12.1 Å². The first kappa shape index (κ1) is 14.7. The predicted octanol–water partition coefficient (Wildman–Crippen LogP) is 3.18. The molecule has 0 saturated carbocycles. The monoisotopic (exact) mass is 305 g/mol. The standard InChI is InChI=1S/C14H8ClNO5/c15-9-6-4-8(5-7-9)13(17)12-10(14(18)19)2-1-3-11(12)16(20)21/h1-7H,(H,18,19). The topological polar surface area (TPSA) is 97.5 Å². The van der Waals surface area contributed by atoms with Gasteiger partial charge in [-0.3, -0.25) is 14.9 Å². The Kier molecular flexibility index (Phi) is 4.00. The number of aromatic carboxylic acids is 1. The van der Waals surface area contributed by atoms with E-state index in [4.69, 9.17) is 16.7 Å². The number of nitro groups is 1. The van der Waals surface area contributed by atoms with Gasteiger partial charge in [-0.1, -0.05) is 17.7 Å². The fraction of sp³-hybridized carbons (Fsp3) is 0. The average Bonchev–Trinajstić information content (AvgIpc) is 2.46. The van der Waals surface area contributed by atoms with Gasteiger partial charge in [-0.05, 0) is 30.3 Å². The molecule has 6 nitrogen and oxygen atoms in total. The van der Waals surface area contributed by atoms with Crippen LogP contribution >= 0.6 is 11.6 Å². The third-order valence-electron chi connectivity index (χ3n) is 2.80. The van der Waals surface area contributed by atoms with Crippen molar-refractivity contribution in [1.29, 1.82) is 0 Å². The summed E-state index contributed by atoms with van der Waals surface area (Å²) in [4.78, 5) is 33.8. The number of hydrogen-bond donors (Lipinski definition) is 1. The van der Waals surface area contributed by atoms with E-state index in [0.29, 0.717) is 5.02 Å². The Morgan fingerprint density at radius 2 is 1.71 bits per heavy atom. The number of nitro benzene ring substituents is 1. The molecule has 0 fully saturated rings. The van der Waals surface area contributed by atoms with Gasteiger partial charge in [0.05, 0.1) is 10.5 Å². The zero-order chi connectivity index (χ0) is 15.6. The molecule has 0 spiro atoms. The molecule has 2 aromatic carbocycles. The van der Waals surface area contributed by atoms with Gasteiger partial charge < -0.3 is 5.11 Å². The van der Waals surface area contributed by atoms with Crippen LogP contribution in [-0.2, 0) is 0 Å². The largest absolute Gasteiger partial charge is 0.478 e. The number of nitrogens with zero attached hydrogens (tertiary/aromatic N) is 1. The molecule has 7 heteroatoms. The molecule has 21 heavy (non-hydrogen) atoms. The van der Waals surface area contributed by atoms with Gasteiger partial charge in [-0.15, -0.1) is 0 Å². The average molecular weight is 306 g/mol. The van der Waals surface area contributed by atoms with Crippen molar-refractivity contribution in [3.63, 3.8) is 0 Å². The van der Waals surface area contributed by atoms with Crippen molar-refractivity contribution < 1.29 is 19.6 Å². The molecule has 0 amide bonds. The fourth-order valence-electron chi connectivity index (χ4n) is 1.85. The minimum absolute atomic E-state index is 0.121. The zero-order valence-electron chi connectivity index (χ0n) is 10.4. The number of benzene rings is 2. The van der Waals surface area contributed by atoms with Crippen molar-refractivity contribution in [2.24, 2.45) is 0 Å². The molecule has 0 bridgehead atoms. The summed E-state index contributed by atoms with van der Waals surface area (Å²) in [6, 6.07) is 9.13. The molecule has 0 radical (unpaired) electrons. The lowest BCUT2D eigenvalue weighted by Gasteiger charge is -2.06. The fourth-order valence-corrected chi connectivity index (χ4v) is 1.98. The van der Waals surface area contributed by atoms with Crippen LogP contribution in [0.25, 0.3) is 0 Å². The Bertz CT molecular complexity index is 707. The first-order valence-electron chi connectivity index (χ1n) is 5.72. The number of hydrogen-bond acceptors (Lipinski definition) is 4. The maximum atomic E-state index is 12.4. The van der Waals surface area contributed by atoms with E-state index in [-0.39, 0.29) is 5.56 Å². The highest BCUT2D eigenvalue weighted by molar-refractivity contribution is 6.30. The summed E-state index contributed by atoms with van der Waals surface area (Å²) in [6.45, 7) is 0. The second-order valence-corrected chi connectivity index (χ2v) is 4.53. The van der Waals surface area contributed by atoms with Crippen LogP contribution in [0.2, 0.25) is 5.02 Å². The van der Waals surface area contributed by atoms with E-state index in [1.165, 1.54) is 30.3 Å². The number of ketones is 1. The molecule has 0 aromatic heterocycles. The summed E-state index contributed by atoms with van der Waals surface area (Å²) in [5.41, 5.74) is -1.28. The van der Waals surface area contributed by atoms with E-state index < -0.39 is 33.5 Å². The lowest BCUT2D eigenvalue weighted by atomic mass is 9.96. The number of carboxylic acids is 1. The van der Waals surface area contributed by atoms with Crippen molar-refractivity contribution in [2.75, 3.05) is 0 Å². The summed E-state index contributed by atoms with van der Waals surface area (Å²) in [6.07, 6.45) is 0. The van der Waals surface area contributed by atoms with Crippen LogP contribution in [0.15, 0.2) is 42.5 Å². The van der Waals surface area contributed by atoms with Crippen LogP contribution in [0.5, 0.6) is 0 Å². The molecule has 0 saturated heterocycles. The van der Waals surface area contributed by atoms with Gasteiger partial charge in [0.1, 0.15) is 5.56 Å². The molecule has 0 aliphatic heterocycles. The summed E-state index contributed by atoms with van der Waals surface area (Å²) >= 11 is 5.71. The summed E-state index contributed by atoms with van der Waals surface area (Å²) in [5, 5.41) is 20.5. The van der Waals surface area contributed by atoms with Crippen LogP contribution in [-0.4, -0.2) is 21.8 Å². The summed E-state index contributed by atoms with van der Waals surface area (Å²) in [7, 11) is 0. The SMILES string of the molecule is O=C(O)c1cccc([N+](=O)[O-])c1C(=O)c1ccc(Cl)cc1. The lowest BCUT2D eigenvalue weighted by molar-refractivity contribution is -0.385. The smallest absolute Gasteiger partial charge is 0.336 e. The molecule has 0 heterocycles. The van der Waals surface area contributed by atoms with Gasteiger partial charge >= 0.3 is 5.97 Å². The molecular weight excluding hydrogens is 298 g/mol. The van der Waals surface area contributed by atoms with E-state index in [1.54, 1.807) is 0 Å².